The number of hydrogen-bond acceptors (Lipinski definition) is 6. The summed E-state index contributed by atoms with van der Waals surface area (Å²) in [4.78, 5) is 13.4. The Balaban J connectivity index is 2.07. The molecule has 0 saturated carbocycles. The van der Waals surface area contributed by atoms with Gasteiger partial charge in [0.25, 0.3) is 0 Å². The minimum atomic E-state index is 0.286. The second-order valence-electron chi connectivity index (χ2n) is 3.46. The van der Waals surface area contributed by atoms with E-state index in [2.05, 4.69) is 20.3 Å². The molecule has 0 aliphatic rings. The standard InChI is InChI=1S/C10H13N5S/c1-6-3-14-10(11)15-9(6)13-5-8-4-12-7(2)16-8/h3-4H,5H2,1-2H3,(H3,11,13,14,15). The van der Waals surface area contributed by atoms with Gasteiger partial charge in [0.2, 0.25) is 5.95 Å². The molecule has 0 aromatic carbocycles. The Morgan fingerprint density at radius 3 is 2.81 bits per heavy atom. The van der Waals surface area contributed by atoms with Crippen LogP contribution in [0.3, 0.4) is 0 Å². The molecule has 3 N–H and O–H groups in total. The van der Waals surface area contributed by atoms with Gasteiger partial charge in [0.15, 0.2) is 0 Å². The van der Waals surface area contributed by atoms with Crippen molar-refractivity contribution in [2.24, 2.45) is 0 Å². The maximum absolute atomic E-state index is 5.53. The first-order valence-electron chi connectivity index (χ1n) is 4.89. The Kier molecular flexibility index (Phi) is 3.00. The van der Waals surface area contributed by atoms with Crippen molar-refractivity contribution in [3.8, 4) is 0 Å². The minimum Gasteiger partial charge on any atom is -0.368 e. The van der Waals surface area contributed by atoms with Crippen LogP contribution in [0.4, 0.5) is 11.8 Å². The SMILES string of the molecule is Cc1ncc(CNc2nc(N)ncc2C)s1. The summed E-state index contributed by atoms with van der Waals surface area (Å²) in [5.41, 5.74) is 6.51. The summed E-state index contributed by atoms with van der Waals surface area (Å²) in [5.74, 6) is 1.06. The summed E-state index contributed by atoms with van der Waals surface area (Å²) in [7, 11) is 0. The Labute approximate surface area is 97.8 Å². The van der Waals surface area contributed by atoms with Gasteiger partial charge in [-0.05, 0) is 13.8 Å². The molecule has 2 heterocycles. The first-order chi connectivity index (χ1) is 7.65. The van der Waals surface area contributed by atoms with Crippen molar-refractivity contribution in [2.75, 3.05) is 11.1 Å². The average molecular weight is 235 g/mol. The largest absolute Gasteiger partial charge is 0.368 e. The molecule has 0 atom stereocenters. The number of nitrogen functional groups attached to an aromatic ring is 1. The molecular weight excluding hydrogens is 222 g/mol. The fourth-order valence-corrected chi connectivity index (χ4v) is 2.03. The molecule has 0 saturated heterocycles. The Morgan fingerprint density at radius 2 is 2.12 bits per heavy atom. The second kappa shape index (κ2) is 4.44. The molecular formula is C10H13N5S. The van der Waals surface area contributed by atoms with Crippen molar-refractivity contribution in [3.05, 3.63) is 27.8 Å². The maximum atomic E-state index is 5.53. The molecule has 2 aromatic heterocycles. The van der Waals surface area contributed by atoms with Crippen LogP contribution in [-0.2, 0) is 6.54 Å². The third-order valence-electron chi connectivity index (χ3n) is 2.09. The fraction of sp³-hybridized carbons (Fsp3) is 0.300. The quantitative estimate of drug-likeness (QED) is 0.847. The molecule has 0 aliphatic carbocycles. The third-order valence-corrected chi connectivity index (χ3v) is 3.00. The summed E-state index contributed by atoms with van der Waals surface area (Å²) < 4.78 is 0. The van der Waals surface area contributed by atoms with Gasteiger partial charge in [-0.25, -0.2) is 9.97 Å². The molecule has 16 heavy (non-hydrogen) atoms. The first kappa shape index (κ1) is 10.8. The molecule has 0 radical (unpaired) electrons. The molecule has 0 aliphatic heterocycles. The third kappa shape index (κ3) is 2.46. The molecule has 2 aromatic rings. The van der Waals surface area contributed by atoms with E-state index in [0.29, 0.717) is 6.54 Å². The summed E-state index contributed by atoms with van der Waals surface area (Å²) in [6, 6.07) is 0. The first-order valence-corrected chi connectivity index (χ1v) is 5.71. The predicted octanol–water partition coefficient (Wildman–Crippen LogP) is 1.74. The fourth-order valence-electron chi connectivity index (χ4n) is 1.29. The Morgan fingerprint density at radius 1 is 1.31 bits per heavy atom. The highest BCUT2D eigenvalue weighted by Gasteiger charge is 2.03. The average Bonchev–Trinajstić information content (AvgIpc) is 2.66. The van der Waals surface area contributed by atoms with Gasteiger partial charge in [-0.1, -0.05) is 0 Å². The molecule has 0 amide bonds. The molecule has 0 fully saturated rings. The van der Waals surface area contributed by atoms with E-state index in [1.54, 1.807) is 17.5 Å². The van der Waals surface area contributed by atoms with Gasteiger partial charge in [-0.3, -0.25) is 0 Å². The van der Waals surface area contributed by atoms with Crippen molar-refractivity contribution in [2.45, 2.75) is 20.4 Å². The van der Waals surface area contributed by atoms with E-state index in [9.17, 15) is 0 Å². The number of aryl methyl sites for hydroxylation is 2. The van der Waals surface area contributed by atoms with Gasteiger partial charge in [-0.15, -0.1) is 11.3 Å². The molecule has 0 bridgehead atoms. The van der Waals surface area contributed by atoms with Crippen molar-refractivity contribution < 1.29 is 0 Å². The van der Waals surface area contributed by atoms with Crippen LogP contribution in [-0.4, -0.2) is 15.0 Å². The lowest BCUT2D eigenvalue weighted by Crippen LogP contribution is -2.05. The lowest BCUT2D eigenvalue weighted by molar-refractivity contribution is 1.08. The van der Waals surface area contributed by atoms with E-state index in [1.165, 1.54) is 4.88 Å². The Hall–Kier alpha value is -1.69. The number of thiazole rings is 1. The molecule has 84 valence electrons. The topological polar surface area (TPSA) is 76.7 Å². The Bertz CT molecular complexity index is 494. The summed E-state index contributed by atoms with van der Waals surface area (Å²) in [6.45, 7) is 4.64. The molecule has 5 nitrogen and oxygen atoms in total. The number of rotatable bonds is 3. The van der Waals surface area contributed by atoms with Crippen molar-refractivity contribution in [1.29, 1.82) is 0 Å². The second-order valence-corrected chi connectivity index (χ2v) is 4.78. The number of nitrogens with zero attached hydrogens (tertiary/aromatic N) is 3. The normalized spacial score (nSPS) is 10.4. The van der Waals surface area contributed by atoms with Gasteiger partial charge in [-0.2, -0.15) is 4.98 Å². The number of hydrogen-bond donors (Lipinski definition) is 2. The number of nitrogens with one attached hydrogen (secondary N) is 1. The number of nitrogens with two attached hydrogens (primary N) is 1. The molecule has 2 rings (SSSR count). The van der Waals surface area contributed by atoms with Gasteiger partial charge in [0, 0.05) is 22.8 Å². The van der Waals surface area contributed by atoms with Gasteiger partial charge in [0.05, 0.1) is 11.6 Å². The summed E-state index contributed by atoms with van der Waals surface area (Å²) in [5, 5.41) is 4.29. The van der Waals surface area contributed by atoms with Crippen molar-refractivity contribution >= 4 is 23.1 Å². The molecule has 6 heteroatoms. The lowest BCUT2D eigenvalue weighted by Gasteiger charge is -2.06. The zero-order valence-electron chi connectivity index (χ0n) is 9.19. The van der Waals surface area contributed by atoms with Crippen LogP contribution < -0.4 is 11.1 Å². The van der Waals surface area contributed by atoms with Crippen LogP contribution in [0.15, 0.2) is 12.4 Å². The van der Waals surface area contributed by atoms with E-state index in [-0.39, 0.29) is 5.95 Å². The summed E-state index contributed by atoms with van der Waals surface area (Å²) >= 11 is 1.67. The lowest BCUT2D eigenvalue weighted by atomic mass is 10.3. The molecule has 0 unspecified atom stereocenters. The summed E-state index contributed by atoms with van der Waals surface area (Å²) in [6.07, 6.45) is 3.58. The van der Waals surface area contributed by atoms with Crippen molar-refractivity contribution in [1.82, 2.24) is 15.0 Å². The van der Waals surface area contributed by atoms with Crippen LogP contribution in [0.5, 0.6) is 0 Å². The van der Waals surface area contributed by atoms with E-state index in [1.807, 2.05) is 20.0 Å². The molecule has 0 spiro atoms. The van der Waals surface area contributed by atoms with Crippen LogP contribution in [0.2, 0.25) is 0 Å². The highest BCUT2D eigenvalue weighted by molar-refractivity contribution is 7.11. The van der Waals surface area contributed by atoms with E-state index >= 15 is 0 Å². The maximum Gasteiger partial charge on any atom is 0.221 e. The van der Waals surface area contributed by atoms with E-state index in [0.717, 1.165) is 16.4 Å². The van der Waals surface area contributed by atoms with E-state index < -0.39 is 0 Å². The smallest absolute Gasteiger partial charge is 0.221 e. The van der Waals surface area contributed by atoms with Crippen LogP contribution in [0, 0.1) is 13.8 Å². The highest BCUT2D eigenvalue weighted by atomic mass is 32.1. The minimum absolute atomic E-state index is 0.286. The van der Waals surface area contributed by atoms with Gasteiger partial charge < -0.3 is 11.1 Å². The van der Waals surface area contributed by atoms with E-state index in [4.69, 9.17) is 5.73 Å². The monoisotopic (exact) mass is 235 g/mol. The van der Waals surface area contributed by atoms with Crippen LogP contribution in [0.1, 0.15) is 15.4 Å². The number of aromatic nitrogens is 3. The van der Waals surface area contributed by atoms with Gasteiger partial charge >= 0.3 is 0 Å². The number of anilines is 2. The predicted molar refractivity (Wildman–Crippen MR) is 65.4 cm³/mol. The highest BCUT2D eigenvalue weighted by Crippen LogP contribution is 2.15. The zero-order valence-corrected chi connectivity index (χ0v) is 10.0. The van der Waals surface area contributed by atoms with Crippen LogP contribution in [0.25, 0.3) is 0 Å². The van der Waals surface area contributed by atoms with Crippen molar-refractivity contribution in [3.63, 3.8) is 0 Å². The van der Waals surface area contributed by atoms with Gasteiger partial charge in [0.1, 0.15) is 5.82 Å². The zero-order chi connectivity index (χ0) is 11.5. The van der Waals surface area contributed by atoms with Crippen LogP contribution >= 0.6 is 11.3 Å².